The van der Waals surface area contributed by atoms with Gasteiger partial charge in [0, 0.05) is 48.7 Å². The summed E-state index contributed by atoms with van der Waals surface area (Å²) in [6, 6.07) is 2.24. The molecule has 1 N–H and O–H groups in total. The molecule has 0 bridgehead atoms. The van der Waals surface area contributed by atoms with Crippen molar-refractivity contribution >= 4 is 17.3 Å². The Kier molecular flexibility index (Phi) is 15.7. The third kappa shape index (κ3) is 10.6. The Balaban J connectivity index is 0.000000451. The average molecular weight is 618 g/mol. The standard InChI is InChI=1S/C25H29ClF2N2O.C9H19N.C2H6/c1-16(2)7-10-19(15-31)30-14-18(9-8-17(30)3)20-6-5-11-29(4)25(20)21-12-22(26)24(28)13-23(21)27;1-3-4-9-5-7-10(2)8-6-9;1-2/h5-6,8-10,12-14,16-17,31H,7,11,15H2,1-4H3;9H,3-8H2,1-2H3;1-2H3/b19-10-;;. The first-order chi connectivity index (χ1) is 20.5. The number of rotatable bonds is 8. The fraction of sp³-hybridized carbons (Fsp3) is 0.556. The van der Waals surface area contributed by atoms with Gasteiger partial charge >= 0.3 is 0 Å². The van der Waals surface area contributed by atoms with Gasteiger partial charge in [0.05, 0.1) is 17.3 Å². The van der Waals surface area contributed by atoms with E-state index < -0.39 is 11.6 Å². The number of halogens is 3. The Labute approximate surface area is 265 Å². The van der Waals surface area contributed by atoms with Crippen molar-refractivity contribution in [2.75, 3.05) is 40.3 Å². The molecule has 7 heteroatoms. The van der Waals surface area contributed by atoms with Crippen molar-refractivity contribution in [1.29, 1.82) is 0 Å². The fourth-order valence-corrected chi connectivity index (χ4v) is 5.69. The van der Waals surface area contributed by atoms with Crippen LogP contribution in [-0.2, 0) is 0 Å². The second kappa shape index (κ2) is 18.4. The van der Waals surface area contributed by atoms with Gasteiger partial charge in [0.1, 0.15) is 11.6 Å². The summed E-state index contributed by atoms with van der Waals surface area (Å²) in [4.78, 5) is 6.39. The first kappa shape index (κ1) is 36.8. The summed E-state index contributed by atoms with van der Waals surface area (Å²) >= 11 is 5.98. The van der Waals surface area contributed by atoms with Gasteiger partial charge < -0.3 is 19.8 Å². The normalized spacial score (nSPS) is 19.7. The highest BCUT2D eigenvalue weighted by Gasteiger charge is 2.25. The zero-order valence-electron chi connectivity index (χ0n) is 27.6. The van der Waals surface area contributed by atoms with Gasteiger partial charge in [-0.25, -0.2) is 8.78 Å². The molecule has 0 radical (unpaired) electrons. The number of hydrogen-bond donors (Lipinski definition) is 1. The first-order valence-electron chi connectivity index (χ1n) is 16.0. The van der Waals surface area contributed by atoms with E-state index in [1.165, 1.54) is 44.8 Å². The van der Waals surface area contributed by atoms with Crippen LogP contribution in [0.3, 0.4) is 0 Å². The summed E-state index contributed by atoms with van der Waals surface area (Å²) < 4.78 is 28.5. The third-order valence-corrected chi connectivity index (χ3v) is 8.29. The maximum Gasteiger partial charge on any atom is 0.144 e. The summed E-state index contributed by atoms with van der Waals surface area (Å²) in [6.07, 6.45) is 18.6. The molecule has 43 heavy (non-hydrogen) atoms. The van der Waals surface area contributed by atoms with Crippen molar-refractivity contribution in [3.63, 3.8) is 0 Å². The number of likely N-dealkylation sites (tertiary alicyclic amines) is 1. The SMILES string of the molecule is CC.CC(C)C/C=C(/CO)N1C=C(C2=C(c3cc(Cl)c(F)cc3F)N(C)CC=C2)C=CC1C.CCCC1CCN(C)CC1. The van der Waals surface area contributed by atoms with Crippen molar-refractivity contribution in [3.05, 3.63) is 87.8 Å². The lowest BCUT2D eigenvalue weighted by Crippen LogP contribution is -2.31. The molecule has 1 saturated heterocycles. The predicted octanol–water partition coefficient (Wildman–Crippen LogP) is 9.05. The van der Waals surface area contributed by atoms with E-state index in [4.69, 9.17) is 11.6 Å². The Morgan fingerprint density at radius 1 is 1.09 bits per heavy atom. The van der Waals surface area contributed by atoms with E-state index in [-0.39, 0.29) is 23.2 Å². The van der Waals surface area contributed by atoms with E-state index in [0.29, 0.717) is 18.2 Å². The quantitative estimate of drug-likeness (QED) is 0.295. The number of aliphatic hydroxyl groups excluding tert-OH is 1. The minimum absolute atomic E-state index is 0.0701. The van der Waals surface area contributed by atoms with Gasteiger partial charge in [-0.15, -0.1) is 0 Å². The maximum atomic E-state index is 14.8. The molecule has 0 amide bonds. The van der Waals surface area contributed by atoms with E-state index in [0.717, 1.165) is 35.2 Å². The lowest BCUT2D eigenvalue weighted by atomic mass is 9.93. The van der Waals surface area contributed by atoms with Crippen LogP contribution in [-0.4, -0.2) is 66.2 Å². The number of benzene rings is 1. The van der Waals surface area contributed by atoms with Gasteiger partial charge in [-0.3, -0.25) is 0 Å². The molecule has 0 aromatic heterocycles. The maximum absolute atomic E-state index is 14.8. The molecule has 1 fully saturated rings. The largest absolute Gasteiger partial charge is 0.390 e. The first-order valence-corrected chi connectivity index (χ1v) is 16.4. The lowest BCUT2D eigenvalue weighted by molar-refractivity contribution is 0.211. The molecule has 4 nitrogen and oxygen atoms in total. The molecular weight excluding hydrogens is 564 g/mol. The molecule has 1 aromatic rings. The van der Waals surface area contributed by atoms with Gasteiger partial charge in [-0.1, -0.05) is 89.4 Å². The number of piperidine rings is 1. The number of hydrogen-bond acceptors (Lipinski definition) is 4. The van der Waals surface area contributed by atoms with Crippen LogP contribution >= 0.6 is 11.6 Å². The van der Waals surface area contributed by atoms with Crippen LogP contribution < -0.4 is 0 Å². The molecule has 3 heterocycles. The summed E-state index contributed by atoms with van der Waals surface area (Å²) in [7, 11) is 4.09. The molecular formula is C36H54ClF2N3O. The number of aliphatic hydroxyl groups is 1. The van der Waals surface area contributed by atoms with Gasteiger partial charge in [0.2, 0.25) is 0 Å². The van der Waals surface area contributed by atoms with E-state index in [9.17, 15) is 13.9 Å². The Hall–Kier alpha value is -2.41. The Morgan fingerprint density at radius 2 is 1.77 bits per heavy atom. The summed E-state index contributed by atoms with van der Waals surface area (Å²) in [6.45, 7) is 15.8. The summed E-state index contributed by atoms with van der Waals surface area (Å²) in [5.41, 5.74) is 3.41. The second-order valence-corrected chi connectivity index (χ2v) is 12.3. The van der Waals surface area contributed by atoms with Crippen LogP contribution in [0.15, 0.2) is 65.6 Å². The Bertz CT molecular complexity index is 1180. The predicted molar refractivity (Wildman–Crippen MR) is 180 cm³/mol. The highest BCUT2D eigenvalue weighted by molar-refractivity contribution is 6.30. The highest BCUT2D eigenvalue weighted by Crippen LogP contribution is 2.36. The lowest BCUT2D eigenvalue weighted by Gasteiger charge is -2.34. The Morgan fingerprint density at radius 3 is 2.37 bits per heavy atom. The highest BCUT2D eigenvalue weighted by atomic mass is 35.5. The topological polar surface area (TPSA) is 30.0 Å². The van der Waals surface area contributed by atoms with Crippen LogP contribution in [0, 0.1) is 23.5 Å². The van der Waals surface area contributed by atoms with Crippen LogP contribution in [0.4, 0.5) is 8.78 Å². The molecule has 3 aliphatic rings. The zero-order valence-corrected chi connectivity index (χ0v) is 28.4. The van der Waals surface area contributed by atoms with Crippen LogP contribution in [0.5, 0.6) is 0 Å². The number of likely N-dealkylation sites (N-methyl/N-ethyl adjacent to an activating group) is 1. The number of nitrogens with zero attached hydrogens (tertiary/aromatic N) is 3. The van der Waals surface area contributed by atoms with E-state index in [1.54, 1.807) is 0 Å². The fourth-order valence-electron chi connectivity index (χ4n) is 5.52. The minimum atomic E-state index is -0.779. The van der Waals surface area contributed by atoms with Crippen molar-refractivity contribution in [1.82, 2.24) is 14.7 Å². The van der Waals surface area contributed by atoms with E-state index in [2.05, 4.69) is 51.8 Å². The molecule has 0 saturated carbocycles. The zero-order chi connectivity index (χ0) is 32.1. The molecule has 3 aliphatic heterocycles. The molecule has 0 spiro atoms. The molecule has 0 aliphatic carbocycles. The van der Waals surface area contributed by atoms with Crippen LogP contribution in [0.25, 0.3) is 5.70 Å². The third-order valence-electron chi connectivity index (χ3n) is 8.00. The van der Waals surface area contributed by atoms with Crippen molar-refractivity contribution in [2.45, 2.75) is 79.7 Å². The molecule has 1 atom stereocenters. The molecule has 4 rings (SSSR count). The van der Waals surface area contributed by atoms with Gasteiger partial charge in [0.15, 0.2) is 0 Å². The van der Waals surface area contributed by atoms with Crippen molar-refractivity contribution < 1.29 is 13.9 Å². The monoisotopic (exact) mass is 617 g/mol. The van der Waals surface area contributed by atoms with Crippen LogP contribution in [0.2, 0.25) is 5.02 Å². The van der Waals surface area contributed by atoms with E-state index in [1.807, 2.05) is 55.1 Å². The van der Waals surface area contributed by atoms with Gasteiger partial charge in [-0.2, -0.15) is 0 Å². The molecule has 1 aromatic carbocycles. The summed E-state index contributed by atoms with van der Waals surface area (Å²) in [5.74, 6) is 0.0889. The van der Waals surface area contributed by atoms with Crippen molar-refractivity contribution in [2.24, 2.45) is 11.8 Å². The summed E-state index contributed by atoms with van der Waals surface area (Å²) in [5, 5.41) is 9.86. The van der Waals surface area contributed by atoms with Gasteiger partial charge in [-0.05, 0) is 69.8 Å². The van der Waals surface area contributed by atoms with Gasteiger partial charge in [0.25, 0.3) is 0 Å². The van der Waals surface area contributed by atoms with E-state index >= 15 is 0 Å². The second-order valence-electron chi connectivity index (χ2n) is 11.9. The molecule has 240 valence electrons. The number of allylic oxidation sites excluding steroid dienone is 5. The minimum Gasteiger partial charge on any atom is -0.390 e. The smallest absolute Gasteiger partial charge is 0.144 e. The van der Waals surface area contributed by atoms with Crippen LogP contribution in [0.1, 0.15) is 79.2 Å². The van der Waals surface area contributed by atoms with Crippen molar-refractivity contribution in [3.8, 4) is 0 Å². The molecule has 1 unspecified atom stereocenters. The average Bonchev–Trinajstić information content (AvgIpc) is 2.99.